The highest BCUT2D eigenvalue weighted by Crippen LogP contribution is 2.28. The number of hydrogen-bond donors (Lipinski definition) is 2. The number of rotatable bonds is 4. The molecule has 0 aliphatic carbocycles. The van der Waals surface area contributed by atoms with E-state index >= 15 is 0 Å². The summed E-state index contributed by atoms with van der Waals surface area (Å²) in [5, 5.41) is 0.673. The molecule has 6 heteroatoms. The first kappa shape index (κ1) is 14.5. The number of nitrogens with two attached hydrogens (primary N) is 1. The molecule has 2 nitrogen and oxygen atoms in total. The van der Waals surface area contributed by atoms with E-state index in [0.29, 0.717) is 5.25 Å². The van der Waals surface area contributed by atoms with E-state index in [1.165, 1.54) is 11.8 Å². The van der Waals surface area contributed by atoms with Gasteiger partial charge in [-0.2, -0.15) is 23.5 Å². The molecule has 3 N–H and O–H groups in total. The molecule has 1 aromatic rings. The second-order valence-electron chi connectivity index (χ2n) is 4.21. The van der Waals surface area contributed by atoms with Crippen LogP contribution in [-0.2, 0) is 6.42 Å². The Kier molecular flexibility index (Phi) is 5.63. The van der Waals surface area contributed by atoms with Gasteiger partial charge in [0, 0.05) is 28.6 Å². The first-order valence-corrected chi connectivity index (χ1v) is 8.38. The maximum absolute atomic E-state index is 13.1. The average molecular weight is 307 g/mol. The molecule has 1 fully saturated rings. The summed E-state index contributed by atoms with van der Waals surface area (Å²) >= 11 is 9.70. The van der Waals surface area contributed by atoms with Crippen molar-refractivity contribution >= 4 is 35.1 Å². The quantitative estimate of drug-likeness (QED) is 0.662. The molecule has 0 aromatic heterocycles. The summed E-state index contributed by atoms with van der Waals surface area (Å²) in [6, 6.07) is 5.06. The van der Waals surface area contributed by atoms with E-state index < -0.39 is 0 Å². The SMILES string of the molecule is NNC(Cc1ccc(F)c(Cl)c1)C1CSCCS1. The second-order valence-corrected chi connectivity index (χ2v) is 7.11. The zero-order chi connectivity index (χ0) is 13.0. The molecule has 0 bridgehead atoms. The number of thioether (sulfide) groups is 2. The standard InChI is InChI=1S/C12H16ClFN2S2/c13-9-5-8(1-2-10(9)14)6-11(16-15)12-7-17-3-4-18-12/h1-2,5,11-12,16H,3-4,6-7,15H2. The van der Waals surface area contributed by atoms with Crippen LogP contribution in [0.3, 0.4) is 0 Å². The fourth-order valence-corrected chi connectivity index (χ4v) is 5.03. The van der Waals surface area contributed by atoms with Gasteiger partial charge in [0.25, 0.3) is 0 Å². The van der Waals surface area contributed by atoms with Gasteiger partial charge in [-0.25, -0.2) is 4.39 Å². The van der Waals surface area contributed by atoms with Crippen molar-refractivity contribution in [3.05, 3.63) is 34.6 Å². The fourth-order valence-electron chi connectivity index (χ4n) is 1.96. The van der Waals surface area contributed by atoms with E-state index in [-0.39, 0.29) is 16.9 Å². The zero-order valence-electron chi connectivity index (χ0n) is 9.86. The van der Waals surface area contributed by atoms with Crippen LogP contribution >= 0.6 is 35.1 Å². The van der Waals surface area contributed by atoms with E-state index in [1.807, 2.05) is 23.5 Å². The Hall–Kier alpha value is 0.0600. The van der Waals surface area contributed by atoms with Crippen LogP contribution < -0.4 is 11.3 Å². The molecule has 2 unspecified atom stereocenters. The number of hydrogen-bond acceptors (Lipinski definition) is 4. The molecule has 1 saturated heterocycles. The maximum atomic E-state index is 13.1. The van der Waals surface area contributed by atoms with Crippen molar-refractivity contribution in [2.45, 2.75) is 17.7 Å². The molecular formula is C12H16ClFN2S2. The smallest absolute Gasteiger partial charge is 0.141 e. The van der Waals surface area contributed by atoms with Gasteiger partial charge in [0.15, 0.2) is 0 Å². The van der Waals surface area contributed by atoms with E-state index in [1.54, 1.807) is 12.1 Å². The first-order chi connectivity index (χ1) is 8.70. The van der Waals surface area contributed by atoms with Gasteiger partial charge in [-0.05, 0) is 24.1 Å². The van der Waals surface area contributed by atoms with Crippen molar-refractivity contribution in [2.24, 2.45) is 5.84 Å². The number of benzene rings is 1. The molecule has 0 radical (unpaired) electrons. The molecule has 0 spiro atoms. The van der Waals surface area contributed by atoms with Crippen LogP contribution in [0.1, 0.15) is 5.56 Å². The Balaban J connectivity index is 2.02. The Bertz CT molecular complexity index is 400. The highest BCUT2D eigenvalue weighted by Gasteiger charge is 2.24. The molecule has 2 atom stereocenters. The molecule has 100 valence electrons. The van der Waals surface area contributed by atoms with E-state index in [4.69, 9.17) is 17.4 Å². The van der Waals surface area contributed by atoms with Crippen LogP contribution in [0.25, 0.3) is 0 Å². The highest BCUT2D eigenvalue weighted by atomic mass is 35.5. The van der Waals surface area contributed by atoms with Crippen LogP contribution in [-0.4, -0.2) is 28.6 Å². The lowest BCUT2D eigenvalue weighted by molar-refractivity contribution is 0.523. The summed E-state index contributed by atoms with van der Waals surface area (Å²) in [4.78, 5) is 0. The van der Waals surface area contributed by atoms with Gasteiger partial charge in [-0.15, -0.1) is 0 Å². The normalized spacial score (nSPS) is 21.8. The van der Waals surface area contributed by atoms with E-state index in [0.717, 1.165) is 23.5 Å². The van der Waals surface area contributed by atoms with Gasteiger partial charge < -0.3 is 0 Å². The minimum atomic E-state index is -0.375. The van der Waals surface area contributed by atoms with Crippen molar-refractivity contribution in [1.82, 2.24) is 5.43 Å². The van der Waals surface area contributed by atoms with Crippen LogP contribution in [0, 0.1) is 5.82 Å². The third kappa shape index (κ3) is 3.78. The summed E-state index contributed by atoms with van der Waals surface area (Å²) in [7, 11) is 0. The van der Waals surface area contributed by atoms with Gasteiger partial charge in [-0.3, -0.25) is 11.3 Å². The largest absolute Gasteiger partial charge is 0.271 e. The Morgan fingerprint density at radius 3 is 2.94 bits per heavy atom. The van der Waals surface area contributed by atoms with E-state index in [2.05, 4.69) is 5.43 Å². The van der Waals surface area contributed by atoms with Crippen LogP contribution in [0.4, 0.5) is 4.39 Å². The molecule has 1 aliphatic heterocycles. The van der Waals surface area contributed by atoms with Crippen molar-refractivity contribution < 1.29 is 4.39 Å². The summed E-state index contributed by atoms with van der Waals surface area (Å²) in [5.74, 6) is 8.74. The van der Waals surface area contributed by atoms with Crippen molar-refractivity contribution in [1.29, 1.82) is 0 Å². The molecule has 1 heterocycles. The lowest BCUT2D eigenvalue weighted by Gasteiger charge is -2.29. The zero-order valence-corrected chi connectivity index (χ0v) is 12.3. The molecule has 2 rings (SSSR count). The predicted molar refractivity (Wildman–Crippen MR) is 79.8 cm³/mol. The minimum Gasteiger partial charge on any atom is -0.271 e. The van der Waals surface area contributed by atoms with Crippen LogP contribution in [0.5, 0.6) is 0 Å². The Morgan fingerprint density at radius 1 is 1.50 bits per heavy atom. The van der Waals surface area contributed by atoms with Gasteiger partial charge in [0.05, 0.1) is 5.02 Å². The average Bonchev–Trinajstić information content (AvgIpc) is 2.41. The molecule has 0 amide bonds. The van der Waals surface area contributed by atoms with Crippen molar-refractivity contribution in [3.63, 3.8) is 0 Å². The van der Waals surface area contributed by atoms with E-state index in [9.17, 15) is 4.39 Å². The summed E-state index contributed by atoms with van der Waals surface area (Å²) < 4.78 is 13.1. The highest BCUT2D eigenvalue weighted by molar-refractivity contribution is 8.06. The maximum Gasteiger partial charge on any atom is 0.141 e. The minimum absolute atomic E-state index is 0.175. The summed E-state index contributed by atoms with van der Waals surface area (Å²) in [5.41, 5.74) is 3.90. The van der Waals surface area contributed by atoms with Gasteiger partial charge in [-0.1, -0.05) is 17.7 Å². The number of hydrazine groups is 1. The number of nitrogens with one attached hydrogen (secondary N) is 1. The van der Waals surface area contributed by atoms with Gasteiger partial charge in [0.2, 0.25) is 0 Å². The van der Waals surface area contributed by atoms with Crippen molar-refractivity contribution in [2.75, 3.05) is 17.3 Å². The molecular weight excluding hydrogens is 291 g/mol. The first-order valence-electron chi connectivity index (χ1n) is 5.80. The fraction of sp³-hybridized carbons (Fsp3) is 0.500. The molecule has 18 heavy (non-hydrogen) atoms. The molecule has 0 saturated carbocycles. The lowest BCUT2D eigenvalue weighted by atomic mass is 10.0. The van der Waals surface area contributed by atoms with Crippen LogP contribution in [0.15, 0.2) is 18.2 Å². The van der Waals surface area contributed by atoms with Crippen LogP contribution in [0.2, 0.25) is 5.02 Å². The molecule has 1 aromatic carbocycles. The third-order valence-electron chi connectivity index (χ3n) is 2.94. The topological polar surface area (TPSA) is 38.0 Å². The third-order valence-corrected chi connectivity index (χ3v) is 6.15. The second kappa shape index (κ2) is 7.01. The van der Waals surface area contributed by atoms with Gasteiger partial charge >= 0.3 is 0 Å². The van der Waals surface area contributed by atoms with Gasteiger partial charge in [0.1, 0.15) is 5.82 Å². The van der Waals surface area contributed by atoms with Crippen molar-refractivity contribution in [3.8, 4) is 0 Å². The monoisotopic (exact) mass is 306 g/mol. The Labute approximate surface area is 120 Å². The Morgan fingerprint density at radius 2 is 2.33 bits per heavy atom. The molecule has 1 aliphatic rings. The number of halogens is 2. The lowest BCUT2D eigenvalue weighted by Crippen LogP contribution is -2.46. The summed E-state index contributed by atoms with van der Waals surface area (Å²) in [6.45, 7) is 0. The predicted octanol–water partition coefficient (Wildman–Crippen LogP) is 2.70. The summed E-state index contributed by atoms with van der Waals surface area (Å²) in [6.07, 6.45) is 0.773.